The maximum atomic E-state index is 11.8. The summed E-state index contributed by atoms with van der Waals surface area (Å²) in [5.41, 5.74) is -0.150. The van der Waals surface area contributed by atoms with Crippen LogP contribution in [0.15, 0.2) is 4.52 Å². The quantitative estimate of drug-likeness (QED) is 0.833. The molecule has 1 aromatic rings. The van der Waals surface area contributed by atoms with E-state index in [1.807, 2.05) is 20.8 Å². The maximum absolute atomic E-state index is 11.8. The van der Waals surface area contributed by atoms with Gasteiger partial charge in [0.15, 0.2) is 0 Å². The highest BCUT2D eigenvalue weighted by Gasteiger charge is 2.34. The van der Waals surface area contributed by atoms with Crippen molar-refractivity contribution in [3.63, 3.8) is 0 Å². The Morgan fingerprint density at radius 2 is 2.16 bits per heavy atom. The van der Waals surface area contributed by atoms with Gasteiger partial charge in [0.2, 0.25) is 11.7 Å². The molecule has 2 atom stereocenters. The van der Waals surface area contributed by atoms with Crippen LogP contribution in [0.4, 0.5) is 0 Å². The van der Waals surface area contributed by atoms with Crippen LogP contribution in [-0.2, 0) is 14.3 Å². The minimum atomic E-state index is -0.438. The van der Waals surface area contributed by atoms with Gasteiger partial charge in [-0.05, 0) is 5.41 Å². The Balaban J connectivity index is 2.20. The van der Waals surface area contributed by atoms with Crippen molar-refractivity contribution in [1.29, 1.82) is 0 Å². The van der Waals surface area contributed by atoms with Crippen LogP contribution in [0, 0.1) is 5.41 Å². The van der Waals surface area contributed by atoms with Gasteiger partial charge in [-0.1, -0.05) is 25.9 Å². The Hall–Kier alpha value is -1.27. The average molecular weight is 268 g/mol. The summed E-state index contributed by atoms with van der Waals surface area (Å²) < 4.78 is 15.9. The van der Waals surface area contributed by atoms with E-state index in [2.05, 4.69) is 10.1 Å². The van der Waals surface area contributed by atoms with E-state index in [0.29, 0.717) is 31.3 Å². The fourth-order valence-corrected chi connectivity index (χ4v) is 2.19. The number of Topliss-reactive ketones (excluding diaryl/α,β-unsaturated/α-hetero) is 1. The van der Waals surface area contributed by atoms with E-state index in [0.717, 1.165) is 0 Å². The third kappa shape index (κ3) is 3.01. The minimum absolute atomic E-state index is 0.0891. The van der Waals surface area contributed by atoms with Gasteiger partial charge in [0.25, 0.3) is 0 Å². The first-order valence-corrected chi connectivity index (χ1v) is 6.40. The lowest BCUT2D eigenvalue weighted by Gasteiger charge is -2.26. The van der Waals surface area contributed by atoms with E-state index < -0.39 is 5.92 Å². The smallest absolute Gasteiger partial charge is 0.239 e. The Labute approximate surface area is 112 Å². The molecule has 1 aromatic heterocycles. The maximum Gasteiger partial charge on any atom is 0.239 e. The molecule has 0 aromatic carbocycles. The third-order valence-corrected chi connectivity index (χ3v) is 3.18. The van der Waals surface area contributed by atoms with Crippen LogP contribution in [0.1, 0.15) is 50.9 Å². The lowest BCUT2D eigenvalue weighted by atomic mass is 9.88. The molecule has 0 bridgehead atoms. The zero-order chi connectivity index (χ0) is 14.0. The number of aromatic nitrogens is 2. The monoisotopic (exact) mass is 268 g/mol. The highest BCUT2D eigenvalue weighted by Crippen LogP contribution is 2.34. The molecule has 2 unspecified atom stereocenters. The van der Waals surface area contributed by atoms with E-state index in [1.54, 1.807) is 7.11 Å². The molecule has 1 fully saturated rings. The molecular formula is C13H20N2O4. The van der Waals surface area contributed by atoms with E-state index >= 15 is 0 Å². The van der Waals surface area contributed by atoms with E-state index in [9.17, 15) is 4.79 Å². The number of hydrogen-bond acceptors (Lipinski definition) is 6. The number of carbonyl (C=O) groups is 1. The van der Waals surface area contributed by atoms with Gasteiger partial charge in [-0.2, -0.15) is 4.98 Å². The second-order valence-electron chi connectivity index (χ2n) is 5.82. The summed E-state index contributed by atoms with van der Waals surface area (Å²) in [6.07, 6.45) is 0.125. The Morgan fingerprint density at radius 1 is 1.42 bits per heavy atom. The Morgan fingerprint density at radius 3 is 2.74 bits per heavy atom. The van der Waals surface area contributed by atoms with Crippen LogP contribution in [0.2, 0.25) is 0 Å². The van der Waals surface area contributed by atoms with Gasteiger partial charge in [0, 0.05) is 13.5 Å². The number of hydrogen-bond donors (Lipinski definition) is 0. The molecule has 0 amide bonds. The second-order valence-corrected chi connectivity index (χ2v) is 5.82. The fraction of sp³-hybridized carbons (Fsp3) is 0.769. The largest absolute Gasteiger partial charge is 0.380 e. The summed E-state index contributed by atoms with van der Waals surface area (Å²) in [6.45, 7) is 6.89. The van der Waals surface area contributed by atoms with Gasteiger partial charge < -0.3 is 14.0 Å². The molecular weight excluding hydrogens is 248 g/mol. The number of methoxy groups -OCH3 is 1. The van der Waals surface area contributed by atoms with Gasteiger partial charge in [0.1, 0.15) is 17.8 Å². The molecule has 1 saturated heterocycles. The molecule has 1 aliphatic rings. The molecule has 19 heavy (non-hydrogen) atoms. The summed E-state index contributed by atoms with van der Waals surface area (Å²) in [6, 6.07) is 0. The van der Waals surface area contributed by atoms with Gasteiger partial charge >= 0.3 is 0 Å². The fourth-order valence-electron chi connectivity index (χ4n) is 2.19. The van der Waals surface area contributed by atoms with Crippen molar-refractivity contribution >= 4 is 5.78 Å². The van der Waals surface area contributed by atoms with Crippen LogP contribution in [-0.4, -0.2) is 36.2 Å². The second kappa shape index (κ2) is 5.38. The standard InChI is InChI=1S/C13H20N2O4/c1-13(2,3)10(17-4)11-14-12(19-15-11)8-7-18-6-5-9(8)16/h8,10H,5-7H2,1-4H3. The summed E-state index contributed by atoms with van der Waals surface area (Å²) in [7, 11) is 1.61. The molecule has 106 valence electrons. The highest BCUT2D eigenvalue weighted by atomic mass is 16.5. The van der Waals surface area contributed by atoms with Crippen LogP contribution >= 0.6 is 0 Å². The SMILES string of the molecule is COC(c1noc(C2COCCC2=O)n1)C(C)(C)C. The molecule has 6 nitrogen and oxygen atoms in total. The first-order chi connectivity index (χ1) is 8.93. The van der Waals surface area contributed by atoms with Crippen molar-refractivity contribution in [1.82, 2.24) is 10.1 Å². The van der Waals surface area contributed by atoms with Crippen molar-refractivity contribution < 1.29 is 18.8 Å². The molecule has 0 aliphatic carbocycles. The summed E-state index contributed by atoms with van der Waals surface area (Å²) >= 11 is 0. The summed E-state index contributed by atoms with van der Waals surface area (Å²) in [5.74, 6) is 0.452. The predicted octanol–water partition coefficient (Wildman–Crippen LogP) is 1.88. The van der Waals surface area contributed by atoms with Gasteiger partial charge in [0.05, 0.1) is 13.2 Å². The topological polar surface area (TPSA) is 74.5 Å². The van der Waals surface area contributed by atoms with E-state index in [-0.39, 0.29) is 17.3 Å². The third-order valence-electron chi connectivity index (χ3n) is 3.18. The molecule has 2 rings (SSSR count). The van der Waals surface area contributed by atoms with Crippen molar-refractivity contribution in [3.05, 3.63) is 11.7 Å². The molecule has 6 heteroatoms. The normalized spacial score (nSPS) is 22.5. The lowest BCUT2D eigenvalue weighted by molar-refractivity contribution is -0.127. The van der Waals surface area contributed by atoms with Gasteiger partial charge in [-0.15, -0.1) is 0 Å². The first-order valence-electron chi connectivity index (χ1n) is 6.40. The van der Waals surface area contributed by atoms with Crippen LogP contribution in [0.25, 0.3) is 0 Å². The highest BCUT2D eigenvalue weighted by molar-refractivity contribution is 5.85. The summed E-state index contributed by atoms with van der Waals surface area (Å²) in [4.78, 5) is 16.1. The van der Waals surface area contributed by atoms with Crippen molar-refractivity contribution in [2.75, 3.05) is 20.3 Å². The zero-order valence-corrected chi connectivity index (χ0v) is 11.8. The molecule has 0 N–H and O–H groups in total. The number of ketones is 1. The Kier molecular flexibility index (Phi) is 4.01. The molecule has 1 aliphatic heterocycles. The van der Waals surface area contributed by atoms with Gasteiger partial charge in [-0.3, -0.25) is 4.79 Å². The van der Waals surface area contributed by atoms with E-state index in [4.69, 9.17) is 14.0 Å². The number of carbonyl (C=O) groups excluding carboxylic acids is 1. The summed E-state index contributed by atoms with van der Waals surface area (Å²) in [5, 5.41) is 3.94. The Bertz CT molecular complexity index is 450. The molecule has 2 heterocycles. The number of rotatable bonds is 3. The van der Waals surface area contributed by atoms with Crippen molar-refractivity contribution in [2.45, 2.75) is 39.2 Å². The van der Waals surface area contributed by atoms with Crippen LogP contribution in [0.5, 0.6) is 0 Å². The zero-order valence-electron chi connectivity index (χ0n) is 11.8. The van der Waals surface area contributed by atoms with E-state index in [1.165, 1.54) is 0 Å². The number of nitrogens with zero attached hydrogens (tertiary/aromatic N) is 2. The first kappa shape index (κ1) is 14.1. The number of ether oxygens (including phenoxy) is 2. The molecule has 0 spiro atoms. The van der Waals surface area contributed by atoms with Gasteiger partial charge in [-0.25, -0.2) is 0 Å². The van der Waals surface area contributed by atoms with Crippen molar-refractivity contribution in [2.24, 2.45) is 5.41 Å². The predicted molar refractivity (Wildman–Crippen MR) is 66.7 cm³/mol. The molecule has 0 radical (unpaired) electrons. The van der Waals surface area contributed by atoms with Crippen LogP contribution in [0.3, 0.4) is 0 Å². The average Bonchev–Trinajstić information content (AvgIpc) is 2.78. The minimum Gasteiger partial charge on any atom is -0.380 e. The molecule has 0 saturated carbocycles. The van der Waals surface area contributed by atoms with Crippen LogP contribution < -0.4 is 0 Å². The lowest BCUT2D eigenvalue weighted by Crippen LogP contribution is -2.26. The van der Waals surface area contributed by atoms with Crippen molar-refractivity contribution in [3.8, 4) is 0 Å².